The van der Waals surface area contributed by atoms with Gasteiger partial charge in [-0.25, -0.2) is 0 Å². The van der Waals surface area contributed by atoms with E-state index >= 15 is 0 Å². The van der Waals surface area contributed by atoms with Crippen molar-refractivity contribution in [1.29, 1.82) is 0 Å². The van der Waals surface area contributed by atoms with Crippen molar-refractivity contribution in [2.24, 2.45) is 0 Å². The maximum Gasteiger partial charge on any atom is 0.264 e. The standard InChI is InChI=1S/C21H17N3O3/c25-19-17(21(27)23-18(19)14-6-2-1-3-7-14)20(26)22-15-8-10-16(11-9-15)24-12-4-5-13-24/h1-13,18,25H,(H,22,26)(H,23,27). The summed E-state index contributed by atoms with van der Waals surface area (Å²) in [6.07, 6.45) is 3.84. The van der Waals surface area contributed by atoms with E-state index in [1.54, 1.807) is 36.4 Å². The Hall–Kier alpha value is -3.80. The molecule has 3 aromatic rings. The van der Waals surface area contributed by atoms with Crippen molar-refractivity contribution in [2.75, 3.05) is 5.32 Å². The minimum atomic E-state index is -0.712. The third-order valence-corrected chi connectivity index (χ3v) is 4.42. The van der Waals surface area contributed by atoms with Crippen LogP contribution in [0.3, 0.4) is 0 Å². The van der Waals surface area contributed by atoms with Crippen LogP contribution < -0.4 is 10.6 Å². The third-order valence-electron chi connectivity index (χ3n) is 4.42. The van der Waals surface area contributed by atoms with Crippen LogP contribution in [0.4, 0.5) is 5.69 Å². The van der Waals surface area contributed by atoms with E-state index in [9.17, 15) is 14.7 Å². The first-order valence-electron chi connectivity index (χ1n) is 8.47. The lowest BCUT2D eigenvalue weighted by atomic mass is 10.1. The van der Waals surface area contributed by atoms with Gasteiger partial charge >= 0.3 is 0 Å². The lowest BCUT2D eigenvalue weighted by Gasteiger charge is -2.10. The van der Waals surface area contributed by atoms with Crippen molar-refractivity contribution < 1.29 is 14.7 Å². The van der Waals surface area contributed by atoms with Gasteiger partial charge in [-0.3, -0.25) is 9.59 Å². The van der Waals surface area contributed by atoms with Crippen LogP contribution in [0.5, 0.6) is 0 Å². The van der Waals surface area contributed by atoms with E-state index in [2.05, 4.69) is 10.6 Å². The van der Waals surface area contributed by atoms with Crippen molar-refractivity contribution in [2.45, 2.75) is 6.04 Å². The predicted molar refractivity (Wildman–Crippen MR) is 101 cm³/mol. The molecule has 0 saturated heterocycles. The summed E-state index contributed by atoms with van der Waals surface area (Å²) in [5, 5.41) is 15.7. The van der Waals surface area contributed by atoms with Crippen molar-refractivity contribution in [1.82, 2.24) is 9.88 Å². The van der Waals surface area contributed by atoms with E-state index in [1.165, 1.54) is 0 Å². The zero-order valence-corrected chi connectivity index (χ0v) is 14.3. The second kappa shape index (κ2) is 6.84. The van der Waals surface area contributed by atoms with E-state index in [0.29, 0.717) is 11.3 Å². The highest BCUT2D eigenvalue weighted by Gasteiger charge is 2.36. The molecule has 1 aromatic heterocycles. The fraction of sp³-hybridized carbons (Fsp3) is 0.0476. The fourth-order valence-electron chi connectivity index (χ4n) is 3.06. The molecule has 2 heterocycles. The van der Waals surface area contributed by atoms with Crippen LogP contribution in [0.2, 0.25) is 0 Å². The molecule has 0 aliphatic carbocycles. The van der Waals surface area contributed by atoms with Gasteiger partial charge in [0.15, 0.2) is 0 Å². The molecule has 2 aromatic carbocycles. The Morgan fingerprint density at radius 1 is 0.963 bits per heavy atom. The van der Waals surface area contributed by atoms with Gasteiger partial charge in [-0.1, -0.05) is 30.3 Å². The molecule has 2 amide bonds. The summed E-state index contributed by atoms with van der Waals surface area (Å²) >= 11 is 0. The van der Waals surface area contributed by atoms with Gasteiger partial charge in [0.2, 0.25) is 0 Å². The molecule has 1 atom stereocenters. The smallest absolute Gasteiger partial charge is 0.264 e. The number of anilines is 1. The molecular weight excluding hydrogens is 342 g/mol. The maximum atomic E-state index is 12.5. The number of benzene rings is 2. The molecule has 0 bridgehead atoms. The van der Waals surface area contributed by atoms with Crippen LogP contribution in [0, 0.1) is 0 Å². The van der Waals surface area contributed by atoms with Gasteiger partial charge in [0.25, 0.3) is 11.8 Å². The third kappa shape index (κ3) is 3.20. The number of aliphatic hydroxyl groups excluding tert-OH is 1. The Kier molecular flexibility index (Phi) is 4.22. The highest BCUT2D eigenvalue weighted by Crippen LogP contribution is 2.28. The fourth-order valence-corrected chi connectivity index (χ4v) is 3.06. The van der Waals surface area contributed by atoms with Gasteiger partial charge in [-0.2, -0.15) is 0 Å². The predicted octanol–water partition coefficient (Wildman–Crippen LogP) is 3.10. The number of amides is 2. The molecule has 3 N–H and O–H groups in total. The van der Waals surface area contributed by atoms with Crippen LogP contribution in [0.1, 0.15) is 11.6 Å². The summed E-state index contributed by atoms with van der Waals surface area (Å²) < 4.78 is 1.94. The Morgan fingerprint density at radius 2 is 1.63 bits per heavy atom. The van der Waals surface area contributed by atoms with Gasteiger partial charge in [-0.05, 0) is 42.0 Å². The maximum absolute atomic E-state index is 12.5. The van der Waals surface area contributed by atoms with Gasteiger partial charge in [0.05, 0.1) is 0 Å². The molecule has 1 aliphatic rings. The first-order chi connectivity index (χ1) is 13.1. The number of aromatic nitrogens is 1. The summed E-state index contributed by atoms with van der Waals surface area (Å²) in [4.78, 5) is 24.7. The zero-order valence-electron chi connectivity index (χ0n) is 14.3. The monoisotopic (exact) mass is 359 g/mol. The molecule has 6 heteroatoms. The summed E-state index contributed by atoms with van der Waals surface area (Å²) in [6, 6.07) is 19.3. The molecule has 4 rings (SSSR count). The normalized spacial score (nSPS) is 16.3. The number of nitrogens with one attached hydrogen (secondary N) is 2. The molecule has 27 heavy (non-hydrogen) atoms. The molecule has 0 spiro atoms. The SMILES string of the molecule is O=C(Nc1ccc(-n2cccc2)cc1)C1=C(O)C(c2ccccc2)NC1=O. The summed E-state index contributed by atoms with van der Waals surface area (Å²) in [5.41, 5.74) is 1.93. The molecule has 6 nitrogen and oxygen atoms in total. The molecule has 0 fully saturated rings. The average molecular weight is 359 g/mol. The molecule has 0 saturated carbocycles. The molecule has 134 valence electrons. The molecule has 1 unspecified atom stereocenters. The number of hydrogen-bond acceptors (Lipinski definition) is 3. The quantitative estimate of drug-likeness (QED) is 0.626. The largest absolute Gasteiger partial charge is 0.509 e. The lowest BCUT2D eigenvalue weighted by molar-refractivity contribution is -0.120. The highest BCUT2D eigenvalue weighted by atomic mass is 16.3. The van der Waals surface area contributed by atoms with Crippen LogP contribution in [0.15, 0.2) is 90.5 Å². The molecule has 1 aliphatic heterocycles. The summed E-state index contributed by atoms with van der Waals surface area (Å²) in [6.45, 7) is 0. The van der Waals surface area contributed by atoms with Crippen LogP contribution >= 0.6 is 0 Å². The van der Waals surface area contributed by atoms with Crippen molar-refractivity contribution in [3.05, 3.63) is 96.0 Å². The first kappa shape index (κ1) is 16.7. The van der Waals surface area contributed by atoms with Gasteiger partial charge in [-0.15, -0.1) is 0 Å². The lowest BCUT2D eigenvalue weighted by Crippen LogP contribution is -2.26. The van der Waals surface area contributed by atoms with Crippen molar-refractivity contribution in [3.8, 4) is 5.69 Å². The van der Waals surface area contributed by atoms with Gasteiger partial charge in [0.1, 0.15) is 17.4 Å². The minimum Gasteiger partial charge on any atom is -0.509 e. The topological polar surface area (TPSA) is 83.4 Å². The number of hydrogen-bond donors (Lipinski definition) is 3. The van der Waals surface area contributed by atoms with Gasteiger partial charge in [0, 0.05) is 23.8 Å². The Balaban J connectivity index is 1.53. The van der Waals surface area contributed by atoms with Crippen LogP contribution in [-0.4, -0.2) is 21.5 Å². The van der Waals surface area contributed by atoms with Gasteiger partial charge < -0.3 is 20.3 Å². The van der Waals surface area contributed by atoms with E-state index < -0.39 is 17.9 Å². The number of nitrogens with zero attached hydrogens (tertiary/aromatic N) is 1. The zero-order chi connectivity index (χ0) is 18.8. The Morgan fingerprint density at radius 3 is 2.30 bits per heavy atom. The Labute approximate surface area is 155 Å². The second-order valence-electron chi connectivity index (χ2n) is 6.17. The van der Waals surface area contributed by atoms with Crippen molar-refractivity contribution >= 4 is 17.5 Å². The highest BCUT2D eigenvalue weighted by molar-refractivity contribution is 6.24. The Bertz CT molecular complexity index is 1010. The minimum absolute atomic E-state index is 0.265. The second-order valence-corrected chi connectivity index (χ2v) is 6.17. The summed E-state index contributed by atoms with van der Waals surface area (Å²) in [5.74, 6) is -1.51. The van der Waals surface area contributed by atoms with E-state index in [-0.39, 0.29) is 11.3 Å². The van der Waals surface area contributed by atoms with E-state index in [4.69, 9.17) is 0 Å². The first-order valence-corrected chi connectivity index (χ1v) is 8.47. The van der Waals surface area contributed by atoms with Crippen LogP contribution in [-0.2, 0) is 9.59 Å². The molecule has 0 radical (unpaired) electrons. The number of aliphatic hydroxyl groups is 1. The van der Waals surface area contributed by atoms with E-state index in [0.717, 1.165) is 5.69 Å². The number of carbonyl (C=O) groups excluding carboxylic acids is 2. The van der Waals surface area contributed by atoms with E-state index in [1.807, 2.05) is 47.3 Å². The number of rotatable bonds is 4. The number of carbonyl (C=O) groups is 2. The summed E-state index contributed by atoms with van der Waals surface area (Å²) in [7, 11) is 0. The molecular formula is C21H17N3O3. The van der Waals surface area contributed by atoms with Crippen molar-refractivity contribution in [3.63, 3.8) is 0 Å². The van der Waals surface area contributed by atoms with Crippen LogP contribution in [0.25, 0.3) is 5.69 Å². The average Bonchev–Trinajstić information content (AvgIpc) is 3.31.